The highest BCUT2D eigenvalue weighted by Gasteiger charge is 2.44. The molecule has 0 aliphatic carbocycles. The van der Waals surface area contributed by atoms with Gasteiger partial charge in [0.25, 0.3) is 11.6 Å². The lowest BCUT2D eigenvalue weighted by Gasteiger charge is -2.19. The number of carbonyl (C=O) groups excluding carboxylic acids is 4. The summed E-state index contributed by atoms with van der Waals surface area (Å²) >= 11 is 18.3. The molecule has 2 fully saturated rings. The minimum Gasteiger partial charge on any atom is -0.382 e. The van der Waals surface area contributed by atoms with Gasteiger partial charge in [0, 0.05) is 22.0 Å². The fourth-order valence-electron chi connectivity index (χ4n) is 5.41. The number of hydrogen-bond donors (Lipinski definition) is 2. The van der Waals surface area contributed by atoms with Gasteiger partial charge in [-0.15, -0.1) is 0 Å². The second-order valence-electron chi connectivity index (χ2n) is 10.6. The van der Waals surface area contributed by atoms with Crippen LogP contribution in [0.25, 0.3) is 11.4 Å². The highest BCUT2D eigenvalue weighted by Crippen LogP contribution is 2.32. The first kappa shape index (κ1) is 33.3. The van der Waals surface area contributed by atoms with Crippen molar-refractivity contribution in [3.05, 3.63) is 140 Å². The number of nitrogens with one attached hydrogen (secondary N) is 2. The van der Waals surface area contributed by atoms with Crippen molar-refractivity contribution in [2.45, 2.75) is 0 Å². The fraction of sp³-hybridized carbons (Fsp3) is 0.0556. The first-order chi connectivity index (χ1) is 23.2. The van der Waals surface area contributed by atoms with Gasteiger partial charge in [0.1, 0.15) is 9.98 Å². The molecule has 2 amide bonds. The highest BCUT2D eigenvalue weighted by atomic mass is 79.9. The maximum absolute atomic E-state index is 13.5. The summed E-state index contributed by atoms with van der Waals surface area (Å²) in [6, 6.07) is 32.3. The van der Waals surface area contributed by atoms with Crippen molar-refractivity contribution < 1.29 is 19.2 Å². The van der Waals surface area contributed by atoms with E-state index in [1.165, 1.54) is 9.80 Å². The van der Waals surface area contributed by atoms with E-state index in [2.05, 4.69) is 42.5 Å². The number of hydrogen-bond acceptors (Lipinski definition) is 8. The lowest BCUT2D eigenvalue weighted by molar-refractivity contribution is -0.132. The molecule has 0 aromatic heterocycles. The van der Waals surface area contributed by atoms with E-state index in [4.69, 9.17) is 24.4 Å². The predicted molar refractivity (Wildman–Crippen MR) is 201 cm³/mol. The Labute approximate surface area is 303 Å². The normalized spacial score (nSPS) is 17.0. The molecule has 0 atom stereocenters. The van der Waals surface area contributed by atoms with Crippen molar-refractivity contribution in [3.8, 4) is 0 Å². The van der Waals surface area contributed by atoms with E-state index in [-0.39, 0.29) is 34.2 Å². The standard InChI is InChI=1S/C36H24Br2N4O4S2/c37-23-13-7-15-25(19-23)41-33(45)31(43)27(35(41)47)29(21-9-3-1-4-10-21)39-17-18-40-30(22-11-5-2-6-12-22)28-32(44)34(46)42(36(28)48)26-16-8-14-24(38)20-26/h1-16,19-20,39-40H,17-18H2/b29-27+,30-28+. The van der Waals surface area contributed by atoms with Crippen LogP contribution in [-0.4, -0.2) is 46.4 Å². The summed E-state index contributed by atoms with van der Waals surface area (Å²) in [4.78, 5) is 56.1. The van der Waals surface area contributed by atoms with Crippen LogP contribution < -0.4 is 20.4 Å². The molecule has 12 heteroatoms. The number of anilines is 2. The smallest absolute Gasteiger partial charge is 0.304 e. The predicted octanol–water partition coefficient (Wildman–Crippen LogP) is 6.40. The molecule has 0 spiro atoms. The van der Waals surface area contributed by atoms with E-state index in [0.717, 1.165) is 8.95 Å². The summed E-state index contributed by atoms with van der Waals surface area (Å²) < 4.78 is 1.47. The van der Waals surface area contributed by atoms with Crippen molar-refractivity contribution in [2.75, 3.05) is 22.9 Å². The average Bonchev–Trinajstić information content (AvgIpc) is 3.44. The molecule has 6 rings (SSSR count). The Morgan fingerprint density at radius 3 is 1.27 bits per heavy atom. The number of carbonyl (C=O) groups is 4. The lowest BCUT2D eigenvalue weighted by Crippen LogP contribution is -2.30. The maximum atomic E-state index is 13.5. The Kier molecular flexibility index (Phi) is 9.88. The molecule has 4 aromatic rings. The van der Waals surface area contributed by atoms with Gasteiger partial charge in [0.2, 0.25) is 0 Å². The summed E-state index contributed by atoms with van der Waals surface area (Å²) in [7, 11) is 0. The quantitative estimate of drug-likeness (QED) is 0.0870. The zero-order valence-electron chi connectivity index (χ0n) is 24.9. The molecule has 0 unspecified atom stereocenters. The molecule has 2 N–H and O–H groups in total. The molecule has 0 radical (unpaired) electrons. The zero-order valence-corrected chi connectivity index (χ0v) is 29.7. The van der Waals surface area contributed by atoms with Crippen LogP contribution in [0.1, 0.15) is 11.1 Å². The number of thiocarbonyl (C=S) groups is 2. The monoisotopic (exact) mass is 798 g/mol. The van der Waals surface area contributed by atoms with Gasteiger partial charge in [-0.1, -0.05) is 129 Å². The van der Waals surface area contributed by atoms with Crippen LogP contribution in [0.2, 0.25) is 0 Å². The Bertz CT molecular complexity index is 1930. The SMILES string of the molecule is O=C1C(=O)N(c2cccc(Br)c2)C(=S)/C1=C(/NCCN/C(=C1\C(=O)C(=O)N(c2cccc(Br)c2)C1=S)c1ccccc1)c1ccccc1. The molecule has 2 heterocycles. The van der Waals surface area contributed by atoms with Crippen LogP contribution in [-0.2, 0) is 19.2 Å². The van der Waals surface area contributed by atoms with Crippen LogP contribution in [0.5, 0.6) is 0 Å². The third-order valence-electron chi connectivity index (χ3n) is 7.57. The molecular formula is C36H24Br2N4O4S2. The van der Waals surface area contributed by atoms with Gasteiger partial charge in [-0.05, 0) is 47.5 Å². The second-order valence-corrected chi connectivity index (χ2v) is 13.2. The summed E-state index contributed by atoms with van der Waals surface area (Å²) in [5.41, 5.74) is 3.24. The van der Waals surface area contributed by atoms with Gasteiger partial charge in [-0.3, -0.25) is 29.0 Å². The summed E-state index contributed by atoms with van der Waals surface area (Å²) in [5, 5.41) is 6.62. The van der Waals surface area contributed by atoms with Crippen LogP contribution in [0, 0.1) is 0 Å². The van der Waals surface area contributed by atoms with E-state index >= 15 is 0 Å². The second kappa shape index (κ2) is 14.2. The minimum absolute atomic E-state index is 0.0857. The molecule has 2 aliphatic heterocycles. The molecule has 0 bridgehead atoms. The highest BCUT2D eigenvalue weighted by molar-refractivity contribution is 9.10. The zero-order chi connectivity index (χ0) is 33.9. The van der Waals surface area contributed by atoms with E-state index < -0.39 is 23.4 Å². The van der Waals surface area contributed by atoms with Crippen LogP contribution >= 0.6 is 56.3 Å². The number of nitrogens with zero attached hydrogens (tertiary/aromatic N) is 2. The topological polar surface area (TPSA) is 98.8 Å². The number of benzene rings is 4. The molecule has 48 heavy (non-hydrogen) atoms. The maximum Gasteiger partial charge on any atom is 0.304 e. The molecule has 8 nitrogen and oxygen atoms in total. The summed E-state index contributed by atoms with van der Waals surface area (Å²) in [6.45, 7) is 0.477. The Morgan fingerprint density at radius 2 is 0.917 bits per heavy atom. The summed E-state index contributed by atoms with van der Waals surface area (Å²) in [6.07, 6.45) is 0. The number of Topliss-reactive ketones (excluding diaryl/α,β-unsaturated/α-hetero) is 2. The number of ketones is 2. The average molecular weight is 801 g/mol. The molecule has 2 saturated heterocycles. The van der Waals surface area contributed by atoms with Gasteiger partial charge < -0.3 is 10.6 Å². The first-order valence-electron chi connectivity index (χ1n) is 14.6. The Morgan fingerprint density at radius 1 is 0.542 bits per heavy atom. The van der Waals surface area contributed by atoms with Crippen molar-refractivity contribution in [3.63, 3.8) is 0 Å². The van der Waals surface area contributed by atoms with Crippen molar-refractivity contribution in [1.29, 1.82) is 0 Å². The van der Waals surface area contributed by atoms with E-state index in [1.54, 1.807) is 36.4 Å². The molecule has 2 aliphatic rings. The van der Waals surface area contributed by atoms with E-state index in [0.29, 0.717) is 33.9 Å². The number of rotatable bonds is 9. The van der Waals surface area contributed by atoms with Gasteiger partial charge >= 0.3 is 11.8 Å². The van der Waals surface area contributed by atoms with Crippen molar-refractivity contribution in [1.82, 2.24) is 10.6 Å². The van der Waals surface area contributed by atoms with Crippen LogP contribution in [0.4, 0.5) is 11.4 Å². The molecular weight excluding hydrogens is 776 g/mol. The van der Waals surface area contributed by atoms with Crippen molar-refractivity contribution in [2.24, 2.45) is 0 Å². The van der Waals surface area contributed by atoms with Gasteiger partial charge in [-0.25, -0.2) is 0 Å². The number of amides is 2. The van der Waals surface area contributed by atoms with Crippen LogP contribution in [0.15, 0.2) is 129 Å². The van der Waals surface area contributed by atoms with Crippen LogP contribution in [0.3, 0.4) is 0 Å². The Balaban J connectivity index is 1.31. The van der Waals surface area contributed by atoms with E-state index in [1.807, 2.05) is 72.8 Å². The largest absolute Gasteiger partial charge is 0.382 e. The minimum atomic E-state index is -0.745. The Hall–Kier alpha value is -4.62. The molecule has 238 valence electrons. The number of halogens is 2. The van der Waals surface area contributed by atoms with Crippen molar-refractivity contribution >= 4 is 112 Å². The van der Waals surface area contributed by atoms with E-state index in [9.17, 15) is 19.2 Å². The molecule has 0 saturated carbocycles. The first-order valence-corrected chi connectivity index (χ1v) is 17.0. The van der Waals surface area contributed by atoms with Gasteiger partial charge in [0.15, 0.2) is 0 Å². The lowest BCUT2D eigenvalue weighted by atomic mass is 10.0. The van der Waals surface area contributed by atoms with Gasteiger partial charge in [-0.2, -0.15) is 0 Å². The third kappa shape index (κ3) is 6.44. The molecule has 4 aromatic carbocycles. The fourth-order valence-corrected chi connectivity index (χ4v) is 6.95. The van der Waals surface area contributed by atoms with Gasteiger partial charge in [0.05, 0.1) is 33.9 Å². The summed E-state index contributed by atoms with van der Waals surface area (Å²) in [5.74, 6) is -2.94. The third-order valence-corrected chi connectivity index (χ3v) is 9.33.